The molecule has 3 aromatic heterocycles. The van der Waals surface area contributed by atoms with Gasteiger partial charge in [-0.2, -0.15) is 5.10 Å². The summed E-state index contributed by atoms with van der Waals surface area (Å²) in [6.45, 7) is 4.16. The number of nitrogens with zero attached hydrogens (tertiary/aromatic N) is 5. The number of nitrogens with one attached hydrogen (secondary N) is 1. The minimum atomic E-state index is -0.00207. The van der Waals surface area contributed by atoms with Crippen molar-refractivity contribution in [3.8, 4) is 11.1 Å². The third-order valence-corrected chi connectivity index (χ3v) is 6.69. The zero-order chi connectivity index (χ0) is 21.0. The first-order valence-corrected chi connectivity index (χ1v) is 10.6. The molecule has 7 nitrogen and oxygen atoms in total. The summed E-state index contributed by atoms with van der Waals surface area (Å²) in [6, 6.07) is 7.27. The van der Waals surface area contributed by atoms with Crippen LogP contribution in [0.25, 0.3) is 27.8 Å². The summed E-state index contributed by atoms with van der Waals surface area (Å²) in [5, 5.41) is 4.30. The minimum absolute atomic E-state index is 0.00207. The maximum Gasteiger partial charge on any atom is 0.326 e. The summed E-state index contributed by atoms with van der Waals surface area (Å²) in [4.78, 5) is 22.6. The molecule has 0 saturated heterocycles. The van der Waals surface area contributed by atoms with Gasteiger partial charge in [-0.15, -0.1) is 0 Å². The van der Waals surface area contributed by atoms with Crippen LogP contribution in [0.1, 0.15) is 42.9 Å². The van der Waals surface area contributed by atoms with Gasteiger partial charge in [0.15, 0.2) is 5.65 Å². The average molecular weight is 405 g/mol. The lowest BCUT2D eigenvalue weighted by Gasteiger charge is -2.33. The van der Waals surface area contributed by atoms with Gasteiger partial charge in [0.25, 0.3) is 0 Å². The Hall–Kier alpha value is -2.93. The number of aryl methyl sites for hydroxylation is 2. The van der Waals surface area contributed by atoms with E-state index in [4.69, 9.17) is 0 Å². The first kappa shape index (κ1) is 19.1. The number of pyridine rings is 1. The largest absolute Gasteiger partial charge is 0.326 e. The number of fused-ring (bicyclic) bond motifs is 2. The molecule has 0 amide bonds. The van der Waals surface area contributed by atoms with Gasteiger partial charge in [0.2, 0.25) is 0 Å². The number of hydrogen-bond donors (Lipinski definition) is 1. The molecule has 1 saturated carbocycles. The standard InChI is InChI=1S/C23H28N6O/c1-14-10-21-20(11-19(14)16-9-15(2)22-24-13-25-28(22)12-16)26-23(30)29(21)18-7-5-17(6-8-18)27(3)4/h9-13,17-18H,5-8H2,1-4H3,(H,26,30)/t17-,18-. The van der Waals surface area contributed by atoms with Crippen LogP contribution in [0, 0.1) is 13.8 Å². The van der Waals surface area contributed by atoms with Crippen LogP contribution in [0.15, 0.2) is 35.5 Å². The van der Waals surface area contributed by atoms with E-state index in [1.165, 1.54) is 0 Å². The van der Waals surface area contributed by atoms with E-state index in [9.17, 15) is 4.79 Å². The van der Waals surface area contributed by atoms with Crippen molar-refractivity contribution in [2.45, 2.75) is 51.6 Å². The molecule has 3 heterocycles. The van der Waals surface area contributed by atoms with Crippen molar-refractivity contribution in [2.75, 3.05) is 14.1 Å². The van der Waals surface area contributed by atoms with Crippen molar-refractivity contribution in [2.24, 2.45) is 0 Å². The lowest BCUT2D eigenvalue weighted by Crippen LogP contribution is -2.34. The van der Waals surface area contributed by atoms with Crippen molar-refractivity contribution in [3.63, 3.8) is 0 Å². The molecule has 0 bridgehead atoms. The van der Waals surface area contributed by atoms with Crippen molar-refractivity contribution >= 4 is 16.7 Å². The monoisotopic (exact) mass is 404 g/mol. The molecule has 1 aliphatic carbocycles. The highest BCUT2D eigenvalue weighted by molar-refractivity contribution is 5.84. The molecule has 0 radical (unpaired) electrons. The average Bonchev–Trinajstić information content (AvgIpc) is 3.31. The lowest BCUT2D eigenvalue weighted by atomic mass is 9.90. The lowest BCUT2D eigenvalue weighted by molar-refractivity contribution is 0.195. The van der Waals surface area contributed by atoms with Crippen LogP contribution < -0.4 is 5.69 Å². The van der Waals surface area contributed by atoms with E-state index in [1.807, 2.05) is 22.2 Å². The van der Waals surface area contributed by atoms with E-state index in [0.717, 1.165) is 64.6 Å². The molecule has 0 unspecified atom stereocenters. The van der Waals surface area contributed by atoms with E-state index in [1.54, 1.807) is 6.33 Å². The fraction of sp³-hybridized carbons (Fsp3) is 0.435. The topological polar surface area (TPSA) is 71.2 Å². The molecule has 156 valence electrons. The van der Waals surface area contributed by atoms with Crippen LogP contribution in [-0.4, -0.2) is 49.2 Å². The van der Waals surface area contributed by atoms with Gasteiger partial charge in [0.1, 0.15) is 6.33 Å². The second kappa shape index (κ2) is 7.09. The summed E-state index contributed by atoms with van der Waals surface area (Å²) >= 11 is 0. The van der Waals surface area contributed by atoms with Crippen molar-refractivity contribution in [1.82, 2.24) is 29.0 Å². The van der Waals surface area contributed by atoms with Crippen LogP contribution in [0.5, 0.6) is 0 Å². The van der Waals surface area contributed by atoms with Crippen LogP contribution >= 0.6 is 0 Å². The maximum atomic E-state index is 12.9. The van der Waals surface area contributed by atoms with Gasteiger partial charge in [-0.25, -0.2) is 14.3 Å². The first-order valence-electron chi connectivity index (χ1n) is 10.6. The molecular weight excluding hydrogens is 376 g/mol. The summed E-state index contributed by atoms with van der Waals surface area (Å²) in [7, 11) is 4.29. The van der Waals surface area contributed by atoms with Crippen LogP contribution in [0.3, 0.4) is 0 Å². The Bertz CT molecular complexity index is 1290. The Morgan fingerprint density at radius 1 is 1.07 bits per heavy atom. The van der Waals surface area contributed by atoms with E-state index in [2.05, 4.69) is 59.2 Å². The van der Waals surface area contributed by atoms with Crippen LogP contribution in [0.4, 0.5) is 0 Å². The van der Waals surface area contributed by atoms with Crippen molar-refractivity contribution < 1.29 is 0 Å². The normalized spacial score (nSPS) is 19.9. The number of rotatable bonds is 3. The number of aromatic amines is 1. The Labute approximate surface area is 175 Å². The number of imidazole rings is 1. The molecule has 1 N–H and O–H groups in total. The van der Waals surface area contributed by atoms with Crippen LogP contribution in [-0.2, 0) is 0 Å². The number of hydrogen-bond acceptors (Lipinski definition) is 4. The molecule has 1 aromatic carbocycles. The molecule has 1 aliphatic rings. The van der Waals surface area contributed by atoms with Crippen LogP contribution in [0.2, 0.25) is 0 Å². The SMILES string of the molecule is Cc1cc2c(cc1-c1cc(C)c3ncnn3c1)[nH]c(=O)n2[C@H]1CC[C@H](N(C)C)CC1. The predicted molar refractivity (Wildman–Crippen MR) is 119 cm³/mol. The third kappa shape index (κ3) is 3.04. The Kier molecular flexibility index (Phi) is 4.50. The fourth-order valence-corrected chi connectivity index (χ4v) is 5.02. The Balaban J connectivity index is 1.56. The summed E-state index contributed by atoms with van der Waals surface area (Å²) in [6.07, 6.45) is 7.92. The zero-order valence-electron chi connectivity index (χ0n) is 18.0. The fourth-order valence-electron chi connectivity index (χ4n) is 5.02. The van der Waals surface area contributed by atoms with E-state index >= 15 is 0 Å². The highest BCUT2D eigenvalue weighted by atomic mass is 16.1. The van der Waals surface area contributed by atoms with Gasteiger partial charge in [-0.1, -0.05) is 0 Å². The van der Waals surface area contributed by atoms with E-state index in [-0.39, 0.29) is 11.7 Å². The Morgan fingerprint density at radius 2 is 1.83 bits per heavy atom. The quantitative estimate of drug-likeness (QED) is 0.565. The number of aromatic nitrogens is 5. The zero-order valence-corrected chi connectivity index (χ0v) is 18.0. The van der Waals surface area contributed by atoms with Gasteiger partial charge in [-0.05, 0) is 88.5 Å². The van der Waals surface area contributed by atoms with E-state index in [0.29, 0.717) is 6.04 Å². The predicted octanol–water partition coefficient (Wildman–Crippen LogP) is 3.70. The van der Waals surface area contributed by atoms with Gasteiger partial charge in [-0.3, -0.25) is 4.57 Å². The maximum absolute atomic E-state index is 12.9. The molecule has 1 fully saturated rings. The smallest absolute Gasteiger partial charge is 0.306 e. The summed E-state index contributed by atoms with van der Waals surface area (Å²) in [5.41, 5.74) is 7.17. The van der Waals surface area contributed by atoms with Gasteiger partial charge in [0, 0.05) is 23.8 Å². The number of H-pyrrole nitrogens is 1. The van der Waals surface area contributed by atoms with Gasteiger partial charge in [0.05, 0.1) is 11.0 Å². The molecule has 5 rings (SSSR count). The highest BCUT2D eigenvalue weighted by Gasteiger charge is 2.26. The van der Waals surface area contributed by atoms with Gasteiger partial charge >= 0.3 is 5.69 Å². The second-order valence-electron chi connectivity index (χ2n) is 8.85. The summed E-state index contributed by atoms with van der Waals surface area (Å²) in [5.74, 6) is 0. The molecule has 0 aliphatic heterocycles. The third-order valence-electron chi connectivity index (χ3n) is 6.69. The summed E-state index contributed by atoms with van der Waals surface area (Å²) < 4.78 is 3.80. The Morgan fingerprint density at radius 3 is 2.57 bits per heavy atom. The molecule has 0 atom stereocenters. The molecule has 4 aromatic rings. The number of benzene rings is 1. The molecular formula is C23H28N6O. The minimum Gasteiger partial charge on any atom is -0.306 e. The van der Waals surface area contributed by atoms with Crippen molar-refractivity contribution in [1.29, 1.82) is 0 Å². The molecule has 30 heavy (non-hydrogen) atoms. The highest BCUT2D eigenvalue weighted by Crippen LogP contribution is 2.34. The van der Waals surface area contributed by atoms with E-state index < -0.39 is 0 Å². The second-order valence-corrected chi connectivity index (χ2v) is 8.85. The first-order chi connectivity index (χ1) is 14.4. The molecule has 0 spiro atoms. The molecule has 7 heteroatoms. The van der Waals surface area contributed by atoms with Gasteiger partial charge < -0.3 is 9.88 Å². The van der Waals surface area contributed by atoms with Crippen molar-refractivity contribution in [3.05, 3.63) is 52.3 Å².